The number of carbonyl (C=O) groups excluding carboxylic acids is 3. The zero-order chi connectivity index (χ0) is 16.0. The Morgan fingerprint density at radius 2 is 2.00 bits per heavy atom. The van der Waals surface area contributed by atoms with Crippen LogP contribution in [0, 0.1) is 19.8 Å². The van der Waals surface area contributed by atoms with Gasteiger partial charge in [0.25, 0.3) is 5.91 Å². The minimum atomic E-state index is -0.931. The largest absolute Gasteiger partial charge is 0.464 e. The van der Waals surface area contributed by atoms with Crippen LogP contribution in [0.1, 0.15) is 11.1 Å². The first-order chi connectivity index (χ1) is 10.5. The number of ether oxygens (including phenoxy) is 1. The lowest BCUT2D eigenvalue weighted by Crippen LogP contribution is -2.36. The van der Waals surface area contributed by atoms with Gasteiger partial charge in [-0.05, 0) is 31.0 Å². The highest BCUT2D eigenvalue weighted by Crippen LogP contribution is 2.32. The van der Waals surface area contributed by atoms with Gasteiger partial charge in [0.15, 0.2) is 5.71 Å². The number of imide groups is 1. The number of esters is 1. The van der Waals surface area contributed by atoms with E-state index in [1.54, 1.807) is 6.07 Å². The molecule has 2 aliphatic rings. The lowest BCUT2D eigenvalue weighted by atomic mass is 9.99. The van der Waals surface area contributed by atoms with Crippen molar-refractivity contribution in [1.82, 2.24) is 5.43 Å². The summed E-state index contributed by atoms with van der Waals surface area (Å²) in [5, 5.41) is 3.78. The van der Waals surface area contributed by atoms with Crippen LogP contribution in [0.3, 0.4) is 0 Å². The standard InChI is InChI=1S/C15H15N3O4/c1-7-4-5-8(2)9(6-7)18-13(19)10-11(14(18)20)16-17-12(10)15(21)22-3/h4-6,10-11,16H,1-3H3/t10-,11-/m0/s1. The zero-order valence-corrected chi connectivity index (χ0v) is 12.4. The van der Waals surface area contributed by atoms with E-state index in [9.17, 15) is 14.4 Å². The quantitative estimate of drug-likeness (QED) is 0.627. The summed E-state index contributed by atoms with van der Waals surface area (Å²) in [6.07, 6.45) is 0. The summed E-state index contributed by atoms with van der Waals surface area (Å²) in [6.45, 7) is 3.71. The maximum absolute atomic E-state index is 12.7. The van der Waals surface area contributed by atoms with E-state index < -0.39 is 29.7 Å². The maximum Gasteiger partial charge on any atom is 0.355 e. The Bertz CT molecular complexity index is 725. The molecule has 0 bridgehead atoms. The summed E-state index contributed by atoms with van der Waals surface area (Å²) in [6, 6.07) is 4.69. The number of anilines is 1. The summed E-state index contributed by atoms with van der Waals surface area (Å²) in [7, 11) is 1.21. The van der Waals surface area contributed by atoms with Crippen molar-refractivity contribution in [3.63, 3.8) is 0 Å². The van der Waals surface area contributed by atoms with Crippen LogP contribution in [0.2, 0.25) is 0 Å². The van der Waals surface area contributed by atoms with E-state index in [2.05, 4.69) is 15.3 Å². The van der Waals surface area contributed by atoms with Crippen molar-refractivity contribution >= 4 is 29.2 Å². The second-order valence-corrected chi connectivity index (χ2v) is 5.37. The highest BCUT2D eigenvalue weighted by molar-refractivity contribution is 6.46. The van der Waals surface area contributed by atoms with Crippen LogP contribution in [-0.2, 0) is 19.1 Å². The number of nitrogens with one attached hydrogen (secondary N) is 1. The molecule has 0 aliphatic carbocycles. The van der Waals surface area contributed by atoms with Crippen LogP contribution in [0.15, 0.2) is 23.3 Å². The third-order valence-electron chi connectivity index (χ3n) is 3.92. The molecule has 0 saturated carbocycles. The van der Waals surface area contributed by atoms with Gasteiger partial charge in [0.1, 0.15) is 12.0 Å². The number of benzene rings is 1. The average molecular weight is 301 g/mol. The predicted molar refractivity (Wildman–Crippen MR) is 78.3 cm³/mol. The number of aryl methyl sites for hydroxylation is 2. The SMILES string of the molecule is COC(=O)C1=NN[C@@H]2C(=O)N(c3cc(C)ccc3C)C(=O)[C@H]12. The number of hydrazone groups is 1. The van der Waals surface area contributed by atoms with Gasteiger partial charge in [-0.25, -0.2) is 9.69 Å². The van der Waals surface area contributed by atoms with Crippen molar-refractivity contribution in [3.05, 3.63) is 29.3 Å². The molecule has 0 spiro atoms. The normalized spacial score (nSPS) is 23.2. The van der Waals surface area contributed by atoms with Crippen molar-refractivity contribution in [1.29, 1.82) is 0 Å². The van der Waals surface area contributed by atoms with Crippen LogP contribution in [0.25, 0.3) is 0 Å². The van der Waals surface area contributed by atoms with Gasteiger partial charge >= 0.3 is 5.97 Å². The minimum absolute atomic E-state index is 0.0568. The van der Waals surface area contributed by atoms with E-state index in [0.29, 0.717) is 5.69 Å². The lowest BCUT2D eigenvalue weighted by Gasteiger charge is -2.18. The molecule has 0 unspecified atom stereocenters. The molecule has 2 amide bonds. The van der Waals surface area contributed by atoms with Crippen molar-refractivity contribution in [3.8, 4) is 0 Å². The average Bonchev–Trinajstić information content (AvgIpc) is 3.03. The number of hydrogen-bond donors (Lipinski definition) is 1. The molecule has 0 aromatic heterocycles. The van der Waals surface area contributed by atoms with Crippen molar-refractivity contribution in [2.45, 2.75) is 19.9 Å². The second-order valence-electron chi connectivity index (χ2n) is 5.37. The van der Waals surface area contributed by atoms with Crippen LogP contribution >= 0.6 is 0 Å². The van der Waals surface area contributed by atoms with Crippen molar-refractivity contribution in [2.24, 2.45) is 11.0 Å². The molecule has 2 aliphatic heterocycles. The molecule has 1 N–H and O–H groups in total. The molecular weight excluding hydrogens is 286 g/mol. The molecule has 1 aromatic carbocycles. The molecule has 114 valence electrons. The molecule has 1 saturated heterocycles. The molecule has 1 fully saturated rings. The summed E-state index contributed by atoms with van der Waals surface area (Å²) in [5.41, 5.74) is 4.80. The van der Waals surface area contributed by atoms with Gasteiger partial charge in [-0.3, -0.25) is 15.0 Å². The summed E-state index contributed by atoms with van der Waals surface area (Å²) < 4.78 is 4.62. The van der Waals surface area contributed by atoms with Gasteiger partial charge in [-0.1, -0.05) is 12.1 Å². The maximum atomic E-state index is 12.7. The molecule has 22 heavy (non-hydrogen) atoms. The van der Waals surface area contributed by atoms with Crippen LogP contribution < -0.4 is 10.3 Å². The van der Waals surface area contributed by atoms with Crippen LogP contribution in [-0.4, -0.2) is 36.6 Å². The second kappa shape index (κ2) is 4.94. The fourth-order valence-corrected chi connectivity index (χ4v) is 2.76. The fraction of sp³-hybridized carbons (Fsp3) is 0.333. The Morgan fingerprint density at radius 3 is 2.68 bits per heavy atom. The Balaban J connectivity index is 2.02. The van der Waals surface area contributed by atoms with Gasteiger partial charge in [-0.15, -0.1) is 0 Å². The number of fused-ring (bicyclic) bond motifs is 1. The molecule has 7 nitrogen and oxygen atoms in total. The Hall–Kier alpha value is -2.70. The third kappa shape index (κ3) is 1.89. The molecule has 2 atom stereocenters. The van der Waals surface area contributed by atoms with E-state index in [1.807, 2.05) is 26.0 Å². The van der Waals surface area contributed by atoms with Gasteiger partial charge in [-0.2, -0.15) is 5.10 Å². The number of rotatable bonds is 2. The first-order valence-corrected chi connectivity index (χ1v) is 6.82. The zero-order valence-electron chi connectivity index (χ0n) is 12.4. The Morgan fingerprint density at radius 1 is 1.27 bits per heavy atom. The number of carbonyl (C=O) groups is 3. The monoisotopic (exact) mass is 301 g/mol. The number of methoxy groups -OCH3 is 1. The summed E-state index contributed by atoms with van der Waals surface area (Å²) in [5.74, 6) is -2.51. The highest BCUT2D eigenvalue weighted by atomic mass is 16.5. The molecule has 1 aromatic rings. The molecule has 7 heteroatoms. The van der Waals surface area contributed by atoms with Crippen LogP contribution in [0.4, 0.5) is 5.69 Å². The van der Waals surface area contributed by atoms with Crippen molar-refractivity contribution < 1.29 is 19.1 Å². The lowest BCUT2D eigenvalue weighted by molar-refractivity contribution is -0.133. The van der Waals surface area contributed by atoms with E-state index in [4.69, 9.17) is 0 Å². The predicted octanol–water partition coefficient (Wildman–Crippen LogP) is 0.294. The topological polar surface area (TPSA) is 88.1 Å². The fourth-order valence-electron chi connectivity index (χ4n) is 2.76. The van der Waals surface area contributed by atoms with E-state index >= 15 is 0 Å². The number of amides is 2. The van der Waals surface area contributed by atoms with Gasteiger partial charge in [0, 0.05) is 0 Å². The van der Waals surface area contributed by atoms with Crippen molar-refractivity contribution in [2.75, 3.05) is 12.0 Å². The Labute approximate surface area is 126 Å². The summed E-state index contributed by atoms with van der Waals surface area (Å²) in [4.78, 5) is 38.0. The first kappa shape index (κ1) is 14.2. The van der Waals surface area contributed by atoms with Gasteiger partial charge < -0.3 is 4.74 Å². The molecule has 3 rings (SSSR count). The van der Waals surface area contributed by atoms with Crippen LogP contribution in [0.5, 0.6) is 0 Å². The first-order valence-electron chi connectivity index (χ1n) is 6.82. The molecular formula is C15H15N3O4. The van der Waals surface area contributed by atoms with E-state index in [1.165, 1.54) is 7.11 Å². The number of nitrogens with zero attached hydrogens (tertiary/aromatic N) is 2. The van der Waals surface area contributed by atoms with Gasteiger partial charge in [0.05, 0.1) is 12.8 Å². The molecule has 2 heterocycles. The van der Waals surface area contributed by atoms with E-state index in [0.717, 1.165) is 16.0 Å². The van der Waals surface area contributed by atoms with Gasteiger partial charge in [0.2, 0.25) is 5.91 Å². The summed E-state index contributed by atoms with van der Waals surface area (Å²) >= 11 is 0. The van der Waals surface area contributed by atoms with E-state index in [-0.39, 0.29) is 5.71 Å². The third-order valence-corrected chi connectivity index (χ3v) is 3.92. The number of hydrogen-bond acceptors (Lipinski definition) is 6. The Kier molecular flexibility index (Phi) is 3.20. The smallest absolute Gasteiger partial charge is 0.355 e. The molecule has 0 radical (unpaired) electrons. The highest BCUT2D eigenvalue weighted by Gasteiger charge is 2.55. The minimum Gasteiger partial charge on any atom is -0.464 e.